The Morgan fingerprint density at radius 3 is 2.23 bits per heavy atom. The molecule has 0 radical (unpaired) electrons. The third-order valence-electron chi connectivity index (χ3n) is 4.96. The molecule has 1 amide bonds. The lowest BCUT2D eigenvalue weighted by molar-refractivity contribution is -0.121. The second-order valence-corrected chi connectivity index (χ2v) is 8.90. The average molecular weight is 437 g/mol. The molecule has 164 valence electrons. The van der Waals surface area contributed by atoms with E-state index in [0.29, 0.717) is 24.3 Å². The maximum Gasteiger partial charge on any atom is 0.325 e. The molecule has 0 aliphatic heterocycles. The van der Waals surface area contributed by atoms with Gasteiger partial charge in [0.05, 0.1) is 10.9 Å². The van der Waals surface area contributed by atoms with Gasteiger partial charge >= 0.3 is 5.69 Å². The van der Waals surface area contributed by atoms with Crippen molar-refractivity contribution in [1.29, 1.82) is 0 Å². The van der Waals surface area contributed by atoms with Crippen molar-refractivity contribution < 1.29 is 13.2 Å². The number of rotatable bonds is 9. The minimum Gasteiger partial charge on any atom is -0.350 e. The fraction of sp³-hybridized carbons (Fsp3) is 0.450. The third-order valence-corrected chi connectivity index (χ3v) is 7.02. The molecule has 0 aliphatic carbocycles. The zero-order valence-electron chi connectivity index (χ0n) is 17.6. The van der Waals surface area contributed by atoms with E-state index in [1.54, 1.807) is 39.8 Å². The zero-order valence-corrected chi connectivity index (χ0v) is 18.4. The normalized spacial score (nSPS) is 12.7. The van der Waals surface area contributed by atoms with E-state index in [1.165, 1.54) is 16.4 Å². The summed E-state index contributed by atoms with van der Waals surface area (Å²) in [5.74, 6) is -0.257. The first-order chi connectivity index (χ1) is 14.1. The molecule has 0 fully saturated rings. The van der Waals surface area contributed by atoms with Gasteiger partial charge in [0.1, 0.15) is 0 Å². The van der Waals surface area contributed by atoms with Gasteiger partial charge in [-0.25, -0.2) is 13.2 Å². The summed E-state index contributed by atoms with van der Waals surface area (Å²) in [6, 6.07) is 6.10. The number of nitrogens with one attached hydrogen (secondary N) is 3. The highest BCUT2D eigenvalue weighted by Crippen LogP contribution is 2.19. The minimum absolute atomic E-state index is 0.0781. The minimum atomic E-state index is -3.53. The second-order valence-electron chi connectivity index (χ2n) is 6.96. The predicted octanol–water partition coefficient (Wildman–Crippen LogP) is 1.21. The van der Waals surface area contributed by atoms with E-state index in [9.17, 15) is 22.8 Å². The fourth-order valence-corrected chi connectivity index (χ4v) is 4.66. The Kier molecular flexibility index (Phi) is 7.74. The summed E-state index contributed by atoms with van der Waals surface area (Å²) in [5.41, 5.74) is 0.491. The van der Waals surface area contributed by atoms with Gasteiger partial charge in [-0.3, -0.25) is 14.6 Å². The summed E-state index contributed by atoms with van der Waals surface area (Å²) in [6.45, 7) is 7.77. The smallest absolute Gasteiger partial charge is 0.325 e. The number of carbonyl (C=O) groups excluding carboxylic acids is 1. The Hall–Kier alpha value is -2.72. The Labute approximate surface area is 175 Å². The maximum absolute atomic E-state index is 12.6. The summed E-state index contributed by atoms with van der Waals surface area (Å²) in [7, 11) is -3.53. The van der Waals surface area contributed by atoms with Gasteiger partial charge in [0, 0.05) is 30.8 Å². The van der Waals surface area contributed by atoms with Crippen LogP contribution in [0.15, 0.2) is 38.8 Å². The first-order valence-electron chi connectivity index (χ1n) is 9.81. The lowest BCUT2D eigenvalue weighted by Crippen LogP contribution is -2.31. The van der Waals surface area contributed by atoms with E-state index in [4.69, 9.17) is 0 Å². The Morgan fingerprint density at radius 1 is 1.10 bits per heavy atom. The number of hydrogen-bond donors (Lipinski definition) is 3. The van der Waals surface area contributed by atoms with Crippen molar-refractivity contribution in [2.45, 2.75) is 51.5 Å². The van der Waals surface area contributed by atoms with E-state index in [1.807, 2.05) is 0 Å². The van der Waals surface area contributed by atoms with Crippen LogP contribution in [0.2, 0.25) is 0 Å². The molecular formula is C20H28N4O5S. The molecule has 0 spiro atoms. The first kappa shape index (κ1) is 23.6. The van der Waals surface area contributed by atoms with Crippen LogP contribution in [0, 0.1) is 6.92 Å². The highest BCUT2D eigenvalue weighted by atomic mass is 32.2. The number of aromatic nitrogens is 2. The highest BCUT2D eigenvalue weighted by Gasteiger charge is 2.21. The fourth-order valence-electron chi connectivity index (χ4n) is 3.20. The molecule has 0 aliphatic rings. The van der Waals surface area contributed by atoms with E-state index in [0.717, 1.165) is 5.56 Å². The van der Waals surface area contributed by atoms with E-state index in [2.05, 4.69) is 15.3 Å². The number of benzene rings is 1. The number of aryl methyl sites for hydroxylation is 1. The van der Waals surface area contributed by atoms with Gasteiger partial charge in [-0.15, -0.1) is 0 Å². The molecule has 2 aromatic rings. The van der Waals surface area contributed by atoms with Crippen LogP contribution in [0.25, 0.3) is 0 Å². The zero-order chi connectivity index (χ0) is 22.5. The SMILES string of the molecule is CCN(CC)S(=O)(=O)c1ccc(C(C)NC(=O)CCc2c(C)[nH]c(=O)[nH]c2=O)cc1. The number of nitrogens with zero attached hydrogens (tertiary/aromatic N) is 1. The Morgan fingerprint density at radius 2 is 1.70 bits per heavy atom. The van der Waals surface area contributed by atoms with Crippen molar-refractivity contribution in [3.63, 3.8) is 0 Å². The topological polar surface area (TPSA) is 132 Å². The molecule has 0 saturated carbocycles. The summed E-state index contributed by atoms with van der Waals surface area (Å²) in [5, 5.41) is 2.84. The lowest BCUT2D eigenvalue weighted by atomic mass is 10.1. The molecule has 1 heterocycles. The van der Waals surface area contributed by atoms with Gasteiger partial charge in [0.15, 0.2) is 0 Å². The molecule has 2 rings (SSSR count). The molecule has 1 unspecified atom stereocenters. The standard InChI is InChI=1S/C20H28N4O5S/c1-5-24(6-2)30(28,29)16-9-7-15(8-10-16)13(3)21-18(25)12-11-17-14(4)22-20(27)23-19(17)26/h7-10,13H,5-6,11-12H2,1-4H3,(H,21,25)(H2,22,23,26,27). The molecule has 3 N–H and O–H groups in total. The van der Waals surface area contributed by atoms with Crippen LogP contribution in [0.3, 0.4) is 0 Å². The molecule has 0 bridgehead atoms. The Bertz CT molecular complexity index is 1100. The quantitative estimate of drug-likeness (QED) is 0.544. The van der Waals surface area contributed by atoms with Crippen LogP contribution < -0.4 is 16.6 Å². The molecular weight excluding hydrogens is 408 g/mol. The number of aromatic amines is 2. The first-order valence-corrected chi connectivity index (χ1v) is 11.3. The van der Waals surface area contributed by atoms with Crippen molar-refractivity contribution in [2.75, 3.05) is 13.1 Å². The number of H-pyrrole nitrogens is 2. The number of amides is 1. The summed E-state index contributed by atoms with van der Waals surface area (Å²) in [4.78, 5) is 40.2. The molecule has 10 heteroatoms. The molecule has 30 heavy (non-hydrogen) atoms. The van der Waals surface area contributed by atoms with Crippen molar-refractivity contribution in [3.8, 4) is 0 Å². The van der Waals surface area contributed by atoms with Gasteiger partial charge in [-0.05, 0) is 38.0 Å². The van der Waals surface area contributed by atoms with Crippen LogP contribution in [0.1, 0.15) is 50.1 Å². The predicted molar refractivity (Wildman–Crippen MR) is 114 cm³/mol. The van der Waals surface area contributed by atoms with Crippen LogP contribution in [-0.2, 0) is 21.2 Å². The molecule has 1 aromatic heterocycles. The van der Waals surface area contributed by atoms with Gasteiger partial charge in [-0.1, -0.05) is 26.0 Å². The molecule has 9 nitrogen and oxygen atoms in total. The van der Waals surface area contributed by atoms with Crippen molar-refractivity contribution in [1.82, 2.24) is 19.6 Å². The Balaban J connectivity index is 2.02. The van der Waals surface area contributed by atoms with E-state index in [-0.39, 0.29) is 29.7 Å². The summed E-state index contributed by atoms with van der Waals surface area (Å²) in [6.07, 6.45) is 0.270. The van der Waals surface area contributed by atoms with Crippen molar-refractivity contribution in [2.24, 2.45) is 0 Å². The second kappa shape index (κ2) is 9.86. The van der Waals surface area contributed by atoms with Crippen LogP contribution in [-0.4, -0.2) is 41.7 Å². The maximum atomic E-state index is 12.6. The van der Waals surface area contributed by atoms with Gasteiger partial charge in [0.25, 0.3) is 5.56 Å². The molecule has 0 saturated heterocycles. The average Bonchev–Trinajstić information content (AvgIpc) is 2.68. The van der Waals surface area contributed by atoms with Crippen molar-refractivity contribution in [3.05, 3.63) is 61.9 Å². The lowest BCUT2D eigenvalue weighted by Gasteiger charge is -2.19. The van der Waals surface area contributed by atoms with Crippen LogP contribution in [0.5, 0.6) is 0 Å². The largest absolute Gasteiger partial charge is 0.350 e. The highest BCUT2D eigenvalue weighted by molar-refractivity contribution is 7.89. The van der Waals surface area contributed by atoms with Crippen LogP contribution in [0.4, 0.5) is 0 Å². The van der Waals surface area contributed by atoms with E-state index >= 15 is 0 Å². The molecule has 1 atom stereocenters. The van der Waals surface area contributed by atoms with Crippen LogP contribution >= 0.6 is 0 Å². The third kappa shape index (κ3) is 5.45. The monoisotopic (exact) mass is 436 g/mol. The summed E-state index contributed by atoms with van der Waals surface area (Å²) < 4.78 is 26.5. The van der Waals surface area contributed by atoms with Gasteiger partial charge in [-0.2, -0.15) is 4.31 Å². The number of carbonyl (C=O) groups is 1. The van der Waals surface area contributed by atoms with E-state index < -0.39 is 21.3 Å². The number of hydrogen-bond acceptors (Lipinski definition) is 5. The van der Waals surface area contributed by atoms with Gasteiger partial charge in [0.2, 0.25) is 15.9 Å². The van der Waals surface area contributed by atoms with Crippen molar-refractivity contribution >= 4 is 15.9 Å². The number of sulfonamides is 1. The summed E-state index contributed by atoms with van der Waals surface area (Å²) >= 11 is 0. The molecule has 1 aromatic carbocycles. The van der Waals surface area contributed by atoms with Gasteiger partial charge < -0.3 is 10.3 Å².